The molecule has 0 aromatic heterocycles. The van der Waals surface area contributed by atoms with Gasteiger partial charge in [0, 0.05) is 14.1 Å². The highest BCUT2D eigenvalue weighted by atomic mass is 16.2. The van der Waals surface area contributed by atoms with Crippen LogP contribution in [0.2, 0.25) is 0 Å². The topological polar surface area (TPSA) is 40.6 Å². The van der Waals surface area contributed by atoms with Crippen LogP contribution in [0.15, 0.2) is 0 Å². The standard InChI is InChI=1S/C10H16N2O2/c1-11-9(13)7-5-3-4-6-8(7)10(14)12(11)2/h7-8H,3-6H2,1-2H3/t7-,8-/m1/s1. The number of hydrogen-bond acceptors (Lipinski definition) is 2. The summed E-state index contributed by atoms with van der Waals surface area (Å²) in [5.41, 5.74) is 0. The summed E-state index contributed by atoms with van der Waals surface area (Å²) in [6.45, 7) is 0. The SMILES string of the molecule is CN1C(=O)[C@@H]2CCCC[C@H]2C(=O)N1C. The smallest absolute Gasteiger partial charge is 0.244 e. The number of hydrogen-bond donors (Lipinski definition) is 0. The third-order valence-electron chi connectivity index (χ3n) is 3.49. The van der Waals surface area contributed by atoms with E-state index >= 15 is 0 Å². The van der Waals surface area contributed by atoms with Crippen LogP contribution in [-0.4, -0.2) is 35.9 Å². The Labute approximate surface area is 83.8 Å². The molecule has 2 aliphatic rings. The van der Waals surface area contributed by atoms with Crippen LogP contribution in [0.25, 0.3) is 0 Å². The van der Waals surface area contributed by atoms with Gasteiger partial charge in [0.15, 0.2) is 0 Å². The van der Waals surface area contributed by atoms with E-state index in [4.69, 9.17) is 0 Å². The Kier molecular flexibility index (Phi) is 2.21. The molecule has 0 aromatic carbocycles. The van der Waals surface area contributed by atoms with E-state index in [1.807, 2.05) is 0 Å². The van der Waals surface area contributed by atoms with Crippen LogP contribution in [0.1, 0.15) is 25.7 Å². The fourth-order valence-corrected chi connectivity index (χ4v) is 2.50. The van der Waals surface area contributed by atoms with Crippen LogP contribution in [0.3, 0.4) is 0 Å². The maximum Gasteiger partial charge on any atom is 0.244 e. The first kappa shape index (κ1) is 9.49. The number of carbonyl (C=O) groups excluding carboxylic acids is 2. The average molecular weight is 196 g/mol. The highest BCUT2D eigenvalue weighted by Crippen LogP contribution is 2.35. The zero-order valence-electron chi connectivity index (χ0n) is 8.69. The van der Waals surface area contributed by atoms with E-state index < -0.39 is 0 Å². The Hall–Kier alpha value is -1.06. The molecule has 2 rings (SSSR count). The fourth-order valence-electron chi connectivity index (χ4n) is 2.50. The summed E-state index contributed by atoms with van der Waals surface area (Å²) in [5.74, 6) is 0.128. The molecule has 2 atom stereocenters. The van der Waals surface area contributed by atoms with Gasteiger partial charge in [-0.3, -0.25) is 19.6 Å². The van der Waals surface area contributed by atoms with Crippen molar-refractivity contribution in [3.05, 3.63) is 0 Å². The molecule has 4 nitrogen and oxygen atoms in total. The summed E-state index contributed by atoms with van der Waals surface area (Å²) in [6.07, 6.45) is 3.93. The highest BCUT2D eigenvalue weighted by Gasteiger charge is 2.44. The zero-order valence-corrected chi connectivity index (χ0v) is 8.69. The second-order valence-electron chi connectivity index (χ2n) is 4.22. The third-order valence-corrected chi connectivity index (χ3v) is 3.49. The van der Waals surface area contributed by atoms with Crippen LogP contribution in [0.4, 0.5) is 0 Å². The molecule has 0 spiro atoms. The number of nitrogens with zero attached hydrogens (tertiary/aromatic N) is 2. The number of rotatable bonds is 0. The van der Waals surface area contributed by atoms with Crippen molar-refractivity contribution in [1.82, 2.24) is 10.0 Å². The van der Waals surface area contributed by atoms with Crippen molar-refractivity contribution < 1.29 is 9.59 Å². The van der Waals surface area contributed by atoms with Gasteiger partial charge in [-0.1, -0.05) is 12.8 Å². The predicted octanol–water partition coefficient (Wildman–Crippen LogP) is 0.638. The minimum Gasteiger partial charge on any atom is -0.273 e. The highest BCUT2D eigenvalue weighted by molar-refractivity contribution is 5.92. The van der Waals surface area contributed by atoms with Crippen molar-refractivity contribution in [1.29, 1.82) is 0 Å². The van der Waals surface area contributed by atoms with E-state index in [9.17, 15) is 9.59 Å². The molecule has 1 heterocycles. The molecule has 2 fully saturated rings. The molecule has 14 heavy (non-hydrogen) atoms. The second kappa shape index (κ2) is 3.26. The van der Waals surface area contributed by atoms with E-state index in [1.54, 1.807) is 14.1 Å². The Bertz CT molecular complexity index is 249. The van der Waals surface area contributed by atoms with E-state index in [0.717, 1.165) is 25.7 Å². The van der Waals surface area contributed by atoms with Crippen molar-refractivity contribution in [3.8, 4) is 0 Å². The monoisotopic (exact) mass is 196 g/mol. The van der Waals surface area contributed by atoms with Gasteiger partial charge >= 0.3 is 0 Å². The average Bonchev–Trinajstić information content (AvgIpc) is 2.23. The van der Waals surface area contributed by atoms with Crippen molar-refractivity contribution in [3.63, 3.8) is 0 Å². The van der Waals surface area contributed by atoms with Gasteiger partial charge in [0.1, 0.15) is 0 Å². The summed E-state index contributed by atoms with van der Waals surface area (Å²) in [6, 6.07) is 0. The molecular formula is C10H16N2O2. The summed E-state index contributed by atoms with van der Waals surface area (Å²) in [4.78, 5) is 23.7. The maximum absolute atomic E-state index is 11.8. The van der Waals surface area contributed by atoms with Gasteiger partial charge in [-0.05, 0) is 12.8 Å². The van der Waals surface area contributed by atoms with Crippen LogP contribution in [0.5, 0.6) is 0 Å². The number of amides is 2. The third kappa shape index (κ3) is 1.21. The Balaban J connectivity index is 2.25. The fraction of sp³-hybridized carbons (Fsp3) is 0.800. The molecule has 0 aromatic rings. The Morgan fingerprint density at radius 3 is 1.64 bits per heavy atom. The summed E-state index contributed by atoms with van der Waals surface area (Å²) >= 11 is 0. The van der Waals surface area contributed by atoms with Crippen molar-refractivity contribution in [2.75, 3.05) is 14.1 Å². The van der Waals surface area contributed by atoms with Crippen molar-refractivity contribution in [2.24, 2.45) is 11.8 Å². The van der Waals surface area contributed by atoms with Crippen LogP contribution < -0.4 is 0 Å². The van der Waals surface area contributed by atoms with Gasteiger partial charge in [0.25, 0.3) is 0 Å². The van der Waals surface area contributed by atoms with Crippen LogP contribution in [-0.2, 0) is 9.59 Å². The molecule has 0 N–H and O–H groups in total. The maximum atomic E-state index is 11.8. The molecule has 1 saturated carbocycles. The van der Waals surface area contributed by atoms with Gasteiger partial charge in [-0.2, -0.15) is 0 Å². The molecule has 0 unspecified atom stereocenters. The molecule has 0 bridgehead atoms. The summed E-state index contributed by atoms with van der Waals surface area (Å²) < 4.78 is 0. The summed E-state index contributed by atoms with van der Waals surface area (Å²) in [7, 11) is 3.34. The first-order valence-corrected chi connectivity index (χ1v) is 5.18. The van der Waals surface area contributed by atoms with Gasteiger partial charge in [-0.25, -0.2) is 0 Å². The molecule has 1 saturated heterocycles. The quantitative estimate of drug-likeness (QED) is 0.570. The zero-order chi connectivity index (χ0) is 10.3. The lowest BCUT2D eigenvalue weighted by Crippen LogP contribution is -2.58. The predicted molar refractivity (Wildman–Crippen MR) is 51.0 cm³/mol. The number of fused-ring (bicyclic) bond motifs is 1. The minimum absolute atomic E-state index is 0.0440. The van der Waals surface area contributed by atoms with E-state index in [1.165, 1.54) is 10.0 Å². The molecular weight excluding hydrogens is 180 g/mol. The van der Waals surface area contributed by atoms with Crippen LogP contribution >= 0.6 is 0 Å². The minimum atomic E-state index is -0.0440. The molecule has 1 aliphatic carbocycles. The number of carbonyl (C=O) groups is 2. The van der Waals surface area contributed by atoms with Gasteiger partial charge in [-0.15, -0.1) is 0 Å². The lowest BCUT2D eigenvalue weighted by molar-refractivity contribution is -0.177. The van der Waals surface area contributed by atoms with Crippen molar-refractivity contribution >= 4 is 11.8 Å². The Morgan fingerprint density at radius 2 is 1.29 bits per heavy atom. The summed E-state index contributed by atoms with van der Waals surface area (Å²) in [5, 5.41) is 2.91. The van der Waals surface area contributed by atoms with Gasteiger partial charge in [0.05, 0.1) is 11.8 Å². The van der Waals surface area contributed by atoms with Gasteiger partial charge in [0.2, 0.25) is 11.8 Å². The van der Waals surface area contributed by atoms with E-state index in [-0.39, 0.29) is 23.7 Å². The normalized spacial score (nSPS) is 33.3. The lowest BCUT2D eigenvalue weighted by Gasteiger charge is -2.43. The Morgan fingerprint density at radius 1 is 0.929 bits per heavy atom. The van der Waals surface area contributed by atoms with Gasteiger partial charge < -0.3 is 0 Å². The molecule has 1 aliphatic heterocycles. The van der Waals surface area contributed by atoms with Crippen LogP contribution in [0, 0.1) is 11.8 Å². The molecule has 0 radical (unpaired) electrons. The largest absolute Gasteiger partial charge is 0.273 e. The van der Waals surface area contributed by atoms with E-state index in [2.05, 4.69) is 0 Å². The van der Waals surface area contributed by atoms with E-state index in [0.29, 0.717) is 0 Å². The number of hydrazine groups is 1. The first-order valence-electron chi connectivity index (χ1n) is 5.18. The molecule has 2 amide bonds. The van der Waals surface area contributed by atoms with Crippen molar-refractivity contribution in [2.45, 2.75) is 25.7 Å². The lowest BCUT2D eigenvalue weighted by atomic mass is 9.77. The molecule has 4 heteroatoms. The molecule has 78 valence electrons. The first-order chi connectivity index (χ1) is 6.63. The second-order valence-corrected chi connectivity index (χ2v) is 4.22.